The lowest BCUT2D eigenvalue weighted by atomic mass is 10.3. The molecule has 17 heavy (non-hydrogen) atoms. The lowest BCUT2D eigenvalue weighted by Crippen LogP contribution is -2.33. The van der Waals surface area contributed by atoms with Crippen LogP contribution in [0.15, 0.2) is 24.3 Å². The summed E-state index contributed by atoms with van der Waals surface area (Å²) in [5.41, 5.74) is 0. The van der Waals surface area contributed by atoms with Gasteiger partial charge in [-0.3, -0.25) is 4.79 Å². The van der Waals surface area contributed by atoms with E-state index in [2.05, 4.69) is 5.32 Å². The predicted octanol–water partition coefficient (Wildman–Crippen LogP) is 2.85. The van der Waals surface area contributed by atoms with Crippen LogP contribution in [0.2, 0.25) is 5.02 Å². The van der Waals surface area contributed by atoms with Crippen LogP contribution in [0.5, 0.6) is 5.75 Å². The van der Waals surface area contributed by atoms with E-state index in [1.165, 1.54) is 0 Å². The van der Waals surface area contributed by atoms with Crippen LogP contribution < -0.4 is 10.1 Å². The largest absolute Gasteiger partial charge is 0.484 e. The third kappa shape index (κ3) is 5.80. The number of nitrogens with one attached hydrogen (secondary N) is 1. The molecule has 0 radical (unpaired) electrons. The third-order valence-corrected chi connectivity index (χ3v) is 2.86. The number of carbonyl (C=O) groups is 1. The molecule has 94 valence electrons. The van der Waals surface area contributed by atoms with E-state index in [4.69, 9.17) is 27.9 Å². The van der Waals surface area contributed by atoms with Crippen molar-refractivity contribution < 1.29 is 9.53 Å². The second-order valence-corrected chi connectivity index (χ2v) is 4.61. The van der Waals surface area contributed by atoms with Crippen molar-refractivity contribution in [2.75, 3.05) is 13.2 Å². The lowest BCUT2D eigenvalue weighted by molar-refractivity contribution is -0.123. The van der Waals surface area contributed by atoms with Gasteiger partial charge in [-0.05, 0) is 30.7 Å². The fraction of sp³-hybridized carbons (Fsp3) is 0.417. The highest BCUT2D eigenvalue weighted by molar-refractivity contribution is 6.30. The Morgan fingerprint density at radius 1 is 1.41 bits per heavy atom. The number of alkyl halides is 1. The third-order valence-electron chi connectivity index (χ3n) is 2.15. The minimum atomic E-state index is -0.181. The van der Waals surface area contributed by atoms with Crippen LogP contribution in [-0.4, -0.2) is 24.4 Å². The van der Waals surface area contributed by atoms with Crippen molar-refractivity contribution >= 4 is 29.1 Å². The number of hydrogen-bond acceptors (Lipinski definition) is 2. The summed E-state index contributed by atoms with van der Waals surface area (Å²) in [6, 6.07) is 6.85. The molecule has 0 fully saturated rings. The van der Waals surface area contributed by atoms with Gasteiger partial charge in [0.25, 0.3) is 5.91 Å². The Labute approximate surface area is 111 Å². The fourth-order valence-electron chi connectivity index (χ4n) is 1.10. The summed E-state index contributed by atoms with van der Waals surface area (Å²) in [6.07, 6.45) is 0.819. The first-order valence-electron chi connectivity index (χ1n) is 5.41. The van der Waals surface area contributed by atoms with E-state index in [9.17, 15) is 4.79 Å². The first kappa shape index (κ1) is 14.1. The summed E-state index contributed by atoms with van der Waals surface area (Å²) in [5, 5.41) is 3.29. The van der Waals surface area contributed by atoms with Crippen LogP contribution in [0.1, 0.15) is 13.3 Å². The highest BCUT2D eigenvalue weighted by Crippen LogP contribution is 2.15. The van der Waals surface area contributed by atoms with Crippen molar-refractivity contribution in [2.24, 2.45) is 0 Å². The Hall–Kier alpha value is -0.930. The maximum atomic E-state index is 11.4. The molecule has 0 spiro atoms. The fourth-order valence-corrected chi connectivity index (χ4v) is 1.30. The number of rotatable bonds is 6. The van der Waals surface area contributed by atoms with Gasteiger partial charge in [0.15, 0.2) is 6.61 Å². The molecule has 0 saturated carbocycles. The Balaban J connectivity index is 2.26. The zero-order chi connectivity index (χ0) is 12.7. The molecule has 0 heterocycles. The zero-order valence-corrected chi connectivity index (χ0v) is 11.1. The second-order valence-electron chi connectivity index (χ2n) is 3.55. The highest BCUT2D eigenvalue weighted by atomic mass is 35.5. The molecule has 1 aromatic carbocycles. The van der Waals surface area contributed by atoms with E-state index in [1.807, 2.05) is 6.92 Å². The molecular weight excluding hydrogens is 261 g/mol. The van der Waals surface area contributed by atoms with E-state index >= 15 is 0 Å². The van der Waals surface area contributed by atoms with Gasteiger partial charge in [-0.1, -0.05) is 18.5 Å². The Kier molecular flexibility index (Phi) is 6.16. The SMILES string of the molecule is CCC(Cl)CNC(=O)COc1ccc(Cl)cc1. The van der Waals surface area contributed by atoms with E-state index < -0.39 is 0 Å². The minimum Gasteiger partial charge on any atom is -0.484 e. The molecule has 0 bridgehead atoms. The quantitative estimate of drug-likeness (QED) is 0.811. The summed E-state index contributed by atoms with van der Waals surface area (Å²) in [5.74, 6) is 0.432. The molecule has 0 aliphatic rings. The number of ether oxygens (including phenoxy) is 1. The molecule has 0 saturated heterocycles. The average Bonchev–Trinajstić information content (AvgIpc) is 2.35. The van der Waals surface area contributed by atoms with Gasteiger partial charge in [-0.2, -0.15) is 0 Å². The Morgan fingerprint density at radius 2 is 2.06 bits per heavy atom. The van der Waals surface area contributed by atoms with Crippen LogP contribution in [0, 0.1) is 0 Å². The Bertz CT molecular complexity index is 354. The van der Waals surface area contributed by atoms with Crippen molar-refractivity contribution in [2.45, 2.75) is 18.7 Å². The molecule has 0 aliphatic heterocycles. The molecular formula is C12H15Cl2NO2. The van der Waals surface area contributed by atoms with Crippen LogP contribution >= 0.6 is 23.2 Å². The van der Waals surface area contributed by atoms with Gasteiger partial charge in [0.1, 0.15) is 5.75 Å². The molecule has 1 atom stereocenters. The lowest BCUT2D eigenvalue weighted by Gasteiger charge is -2.09. The van der Waals surface area contributed by atoms with Gasteiger partial charge >= 0.3 is 0 Å². The van der Waals surface area contributed by atoms with E-state index in [0.29, 0.717) is 17.3 Å². The normalized spacial score (nSPS) is 11.9. The summed E-state index contributed by atoms with van der Waals surface area (Å²) in [6.45, 7) is 2.41. The van der Waals surface area contributed by atoms with Crippen molar-refractivity contribution in [3.05, 3.63) is 29.3 Å². The van der Waals surface area contributed by atoms with Crippen LogP contribution in [0.3, 0.4) is 0 Å². The summed E-state index contributed by atoms with van der Waals surface area (Å²) >= 11 is 11.6. The van der Waals surface area contributed by atoms with Crippen molar-refractivity contribution in [1.29, 1.82) is 0 Å². The molecule has 1 aromatic rings. The Morgan fingerprint density at radius 3 is 2.65 bits per heavy atom. The maximum absolute atomic E-state index is 11.4. The molecule has 0 aromatic heterocycles. The number of benzene rings is 1. The van der Waals surface area contributed by atoms with Crippen molar-refractivity contribution in [3.63, 3.8) is 0 Å². The van der Waals surface area contributed by atoms with Crippen LogP contribution in [0.25, 0.3) is 0 Å². The first-order valence-corrected chi connectivity index (χ1v) is 6.22. The molecule has 1 amide bonds. The smallest absolute Gasteiger partial charge is 0.257 e. The minimum absolute atomic E-state index is 0.0189. The molecule has 0 aliphatic carbocycles. The van der Waals surface area contributed by atoms with Gasteiger partial charge in [-0.15, -0.1) is 11.6 Å². The monoisotopic (exact) mass is 275 g/mol. The summed E-state index contributed by atoms with van der Waals surface area (Å²) in [4.78, 5) is 11.4. The van der Waals surface area contributed by atoms with Crippen LogP contribution in [0.4, 0.5) is 0 Å². The number of amides is 1. The average molecular weight is 276 g/mol. The van der Waals surface area contributed by atoms with Crippen molar-refractivity contribution in [1.82, 2.24) is 5.32 Å². The summed E-state index contributed by atoms with van der Waals surface area (Å²) in [7, 11) is 0. The van der Waals surface area contributed by atoms with E-state index in [0.717, 1.165) is 6.42 Å². The highest BCUT2D eigenvalue weighted by Gasteiger charge is 2.05. The molecule has 1 N–H and O–H groups in total. The topological polar surface area (TPSA) is 38.3 Å². The van der Waals surface area contributed by atoms with Gasteiger partial charge in [0.2, 0.25) is 0 Å². The molecule has 3 nitrogen and oxygen atoms in total. The molecule has 1 unspecified atom stereocenters. The van der Waals surface area contributed by atoms with E-state index in [1.54, 1.807) is 24.3 Å². The number of carbonyl (C=O) groups excluding carboxylic acids is 1. The molecule has 5 heteroatoms. The first-order chi connectivity index (χ1) is 8.11. The zero-order valence-electron chi connectivity index (χ0n) is 9.58. The maximum Gasteiger partial charge on any atom is 0.257 e. The van der Waals surface area contributed by atoms with Crippen molar-refractivity contribution in [3.8, 4) is 5.75 Å². The standard InChI is InChI=1S/C12H15Cl2NO2/c1-2-9(13)7-15-12(16)8-17-11-5-3-10(14)4-6-11/h3-6,9H,2,7-8H2,1H3,(H,15,16). The van der Waals surface area contributed by atoms with E-state index in [-0.39, 0.29) is 17.9 Å². The van der Waals surface area contributed by atoms with Gasteiger partial charge < -0.3 is 10.1 Å². The van der Waals surface area contributed by atoms with Gasteiger partial charge in [0, 0.05) is 11.6 Å². The predicted molar refractivity (Wildman–Crippen MR) is 69.9 cm³/mol. The number of halogens is 2. The van der Waals surface area contributed by atoms with Gasteiger partial charge in [0.05, 0.1) is 5.38 Å². The second kappa shape index (κ2) is 7.41. The van der Waals surface area contributed by atoms with Gasteiger partial charge in [-0.25, -0.2) is 0 Å². The summed E-state index contributed by atoms with van der Waals surface area (Å²) < 4.78 is 5.27. The molecule has 1 rings (SSSR count). The van der Waals surface area contributed by atoms with Crippen LogP contribution in [-0.2, 0) is 4.79 Å². The number of hydrogen-bond donors (Lipinski definition) is 1.